The van der Waals surface area contributed by atoms with Gasteiger partial charge in [-0.3, -0.25) is 9.59 Å². The van der Waals surface area contributed by atoms with Gasteiger partial charge in [0.2, 0.25) is 0 Å². The summed E-state index contributed by atoms with van der Waals surface area (Å²) in [4.78, 5) is 39.8. The van der Waals surface area contributed by atoms with Crippen LogP contribution in [0.1, 0.15) is 65.4 Å². The number of alkyl halides is 1. The first-order valence-corrected chi connectivity index (χ1v) is 10.3. The molecular weight excluding hydrogens is 423 g/mol. The van der Waals surface area contributed by atoms with Gasteiger partial charge >= 0.3 is 17.9 Å². The number of ether oxygens (including phenoxy) is 3. The summed E-state index contributed by atoms with van der Waals surface area (Å²) in [6, 6.07) is 9.23. The Kier molecular flexibility index (Phi) is 8.28. The fraction of sp³-hybridized carbons (Fsp3) is 0.435. The summed E-state index contributed by atoms with van der Waals surface area (Å²) in [5.74, 6) is -1.66. The predicted octanol–water partition coefficient (Wildman–Crippen LogP) is 4.41. The third-order valence-electron chi connectivity index (χ3n) is 4.51. The Morgan fingerprint density at radius 1 is 1.13 bits per heavy atom. The molecule has 1 aromatic heterocycles. The maximum Gasteiger partial charge on any atom is 0.355 e. The molecule has 0 aliphatic carbocycles. The van der Waals surface area contributed by atoms with Gasteiger partial charge in [-0.15, -0.1) is 11.6 Å². The number of hydrogen-bond donors (Lipinski definition) is 1. The minimum atomic E-state index is -1.16. The van der Waals surface area contributed by atoms with Gasteiger partial charge < -0.3 is 19.2 Å². The van der Waals surface area contributed by atoms with Crippen molar-refractivity contribution >= 4 is 29.5 Å². The molecular formula is C23H28ClNO6. The number of H-pyrrole nitrogens is 1. The molecule has 0 aliphatic heterocycles. The van der Waals surface area contributed by atoms with Crippen molar-refractivity contribution < 1.29 is 28.6 Å². The van der Waals surface area contributed by atoms with Crippen LogP contribution >= 0.6 is 11.6 Å². The first kappa shape index (κ1) is 24.5. The number of benzene rings is 1. The molecule has 1 atom stereocenters. The normalized spacial score (nSPS) is 12.2. The molecule has 1 aromatic carbocycles. The number of nitrogens with one attached hydrogen (secondary N) is 1. The molecule has 31 heavy (non-hydrogen) atoms. The molecule has 8 heteroatoms. The number of halogens is 1. The highest BCUT2D eigenvalue weighted by molar-refractivity contribution is 6.30. The van der Waals surface area contributed by atoms with Gasteiger partial charge in [0.05, 0.1) is 7.11 Å². The Hall–Kier alpha value is -2.80. The van der Waals surface area contributed by atoms with E-state index in [1.165, 1.54) is 7.11 Å². The van der Waals surface area contributed by atoms with Crippen LogP contribution in [0.4, 0.5) is 0 Å². The SMILES string of the molecule is COC(=O)CCc1c(C(=O)OC(C)(C)C)[nH]c([13CH](Cl)C(=O)OCc2ccccc2)c1C. The minimum Gasteiger partial charge on any atom is -0.469 e. The zero-order chi connectivity index (χ0) is 23.2. The van der Waals surface area contributed by atoms with Crippen molar-refractivity contribution in [1.82, 2.24) is 4.98 Å². The van der Waals surface area contributed by atoms with Crippen molar-refractivity contribution in [3.05, 3.63) is 58.4 Å². The lowest BCUT2D eigenvalue weighted by Crippen LogP contribution is -2.25. The van der Waals surface area contributed by atoms with Crippen molar-refractivity contribution in [3.63, 3.8) is 0 Å². The van der Waals surface area contributed by atoms with Crippen molar-refractivity contribution in [1.29, 1.82) is 0 Å². The van der Waals surface area contributed by atoms with E-state index < -0.39 is 28.9 Å². The van der Waals surface area contributed by atoms with Crippen molar-refractivity contribution in [2.24, 2.45) is 0 Å². The van der Waals surface area contributed by atoms with E-state index in [0.29, 0.717) is 16.8 Å². The molecule has 0 amide bonds. The summed E-state index contributed by atoms with van der Waals surface area (Å²) >= 11 is 6.39. The number of methoxy groups -OCH3 is 1. The van der Waals surface area contributed by atoms with Crippen LogP contribution in [0.25, 0.3) is 0 Å². The van der Waals surface area contributed by atoms with E-state index in [9.17, 15) is 14.4 Å². The standard InChI is InChI=1S/C23H28ClNO6/c1-14-16(11-12-17(26)29-5)20(22(28)31-23(2,3)4)25-19(14)18(24)21(27)30-13-15-9-7-6-8-10-15/h6-10,18,25H,11-13H2,1-5H3/i18+1. The molecule has 0 bridgehead atoms. The Bertz CT molecular complexity index is 930. The van der Waals surface area contributed by atoms with E-state index in [2.05, 4.69) is 4.98 Å². The maximum atomic E-state index is 12.7. The van der Waals surface area contributed by atoms with Gasteiger partial charge in [-0.1, -0.05) is 30.3 Å². The summed E-state index contributed by atoms with van der Waals surface area (Å²) in [7, 11) is 1.30. The Morgan fingerprint density at radius 3 is 2.35 bits per heavy atom. The van der Waals surface area contributed by atoms with Crippen molar-refractivity contribution in [2.75, 3.05) is 7.11 Å². The van der Waals surface area contributed by atoms with Crippen LogP contribution in [-0.2, 0) is 36.8 Å². The molecule has 0 saturated heterocycles. The molecule has 7 nitrogen and oxygen atoms in total. The lowest BCUT2D eigenvalue weighted by molar-refractivity contribution is -0.144. The average molecular weight is 451 g/mol. The van der Waals surface area contributed by atoms with Gasteiger partial charge in [0.1, 0.15) is 17.9 Å². The number of carbonyl (C=O) groups is 3. The van der Waals surface area contributed by atoms with Crippen molar-refractivity contribution in [2.45, 2.75) is 58.1 Å². The van der Waals surface area contributed by atoms with Crippen LogP contribution in [0.3, 0.4) is 0 Å². The van der Waals surface area contributed by atoms with E-state index in [1.807, 2.05) is 30.3 Å². The first-order chi connectivity index (χ1) is 14.5. The van der Waals surface area contributed by atoms with Crippen LogP contribution in [-0.4, -0.2) is 35.6 Å². The third kappa shape index (κ3) is 6.85. The average Bonchev–Trinajstić information content (AvgIpc) is 3.05. The van der Waals surface area contributed by atoms with Gasteiger partial charge in [0.25, 0.3) is 0 Å². The van der Waals surface area contributed by atoms with Gasteiger partial charge in [-0.25, -0.2) is 4.79 Å². The zero-order valence-corrected chi connectivity index (χ0v) is 19.2. The summed E-state index contributed by atoms with van der Waals surface area (Å²) in [5.41, 5.74) is 1.76. The highest BCUT2D eigenvalue weighted by atomic mass is 35.5. The van der Waals surface area contributed by atoms with Crippen LogP contribution in [0.15, 0.2) is 30.3 Å². The second-order valence-corrected chi connectivity index (χ2v) is 8.49. The fourth-order valence-electron chi connectivity index (χ4n) is 2.97. The number of aromatic nitrogens is 1. The fourth-order valence-corrected chi connectivity index (χ4v) is 3.25. The van der Waals surface area contributed by atoms with Gasteiger partial charge in [0, 0.05) is 12.1 Å². The summed E-state index contributed by atoms with van der Waals surface area (Å²) in [6.07, 6.45) is 0.294. The molecule has 0 saturated carbocycles. The maximum absolute atomic E-state index is 12.7. The number of rotatable bonds is 8. The topological polar surface area (TPSA) is 94.7 Å². The molecule has 168 valence electrons. The first-order valence-electron chi connectivity index (χ1n) is 9.89. The van der Waals surface area contributed by atoms with Gasteiger partial charge in [0.15, 0.2) is 5.38 Å². The van der Waals surface area contributed by atoms with E-state index in [1.54, 1.807) is 27.7 Å². The molecule has 0 radical (unpaired) electrons. The summed E-state index contributed by atoms with van der Waals surface area (Å²) < 4.78 is 15.5. The molecule has 1 heterocycles. The van der Waals surface area contributed by atoms with E-state index in [-0.39, 0.29) is 25.1 Å². The molecule has 2 aromatic rings. The monoisotopic (exact) mass is 450 g/mol. The Morgan fingerprint density at radius 2 is 1.77 bits per heavy atom. The third-order valence-corrected chi connectivity index (χ3v) is 4.91. The molecule has 1 N–H and O–H groups in total. The van der Waals surface area contributed by atoms with E-state index in [4.69, 9.17) is 25.8 Å². The summed E-state index contributed by atoms with van der Waals surface area (Å²) in [5, 5.41) is -1.16. The lowest BCUT2D eigenvalue weighted by Gasteiger charge is -2.19. The van der Waals surface area contributed by atoms with E-state index >= 15 is 0 Å². The van der Waals surface area contributed by atoms with Crippen molar-refractivity contribution in [3.8, 4) is 0 Å². The number of hydrogen-bond acceptors (Lipinski definition) is 6. The molecule has 1 unspecified atom stereocenters. The molecule has 0 fully saturated rings. The number of carbonyl (C=O) groups excluding carboxylic acids is 3. The Labute approximate surface area is 187 Å². The second kappa shape index (κ2) is 10.5. The molecule has 0 aliphatic rings. The molecule has 2 rings (SSSR count). The van der Waals surface area contributed by atoms with E-state index in [0.717, 1.165) is 5.56 Å². The minimum absolute atomic E-state index is 0.0653. The smallest absolute Gasteiger partial charge is 0.355 e. The zero-order valence-electron chi connectivity index (χ0n) is 18.4. The molecule has 0 spiro atoms. The van der Waals surface area contributed by atoms with Gasteiger partial charge in [-0.2, -0.15) is 0 Å². The number of aromatic amines is 1. The second-order valence-electron chi connectivity index (χ2n) is 8.05. The van der Waals surface area contributed by atoms with Crippen LogP contribution < -0.4 is 0 Å². The van der Waals surface area contributed by atoms with Crippen LogP contribution in [0, 0.1) is 6.92 Å². The lowest BCUT2D eigenvalue weighted by atomic mass is 10.0. The highest BCUT2D eigenvalue weighted by Gasteiger charge is 2.30. The summed E-state index contributed by atoms with van der Waals surface area (Å²) in [6.45, 7) is 7.06. The predicted molar refractivity (Wildman–Crippen MR) is 116 cm³/mol. The van der Waals surface area contributed by atoms with Gasteiger partial charge in [-0.05, 0) is 50.8 Å². The van der Waals surface area contributed by atoms with Crippen LogP contribution in [0.5, 0.6) is 0 Å². The van der Waals surface area contributed by atoms with Crippen LogP contribution in [0.2, 0.25) is 0 Å². The highest BCUT2D eigenvalue weighted by Crippen LogP contribution is 2.31. The Balaban J connectivity index is 2.27. The number of esters is 3. The largest absolute Gasteiger partial charge is 0.469 e. The quantitative estimate of drug-likeness (QED) is 0.277.